The maximum atomic E-state index is 12.2. The molecular formula is C21H24N2O4. The van der Waals surface area contributed by atoms with E-state index >= 15 is 0 Å². The predicted molar refractivity (Wildman–Crippen MR) is 103 cm³/mol. The van der Waals surface area contributed by atoms with E-state index < -0.39 is 11.8 Å². The van der Waals surface area contributed by atoms with Crippen LogP contribution >= 0.6 is 0 Å². The van der Waals surface area contributed by atoms with Crippen molar-refractivity contribution >= 4 is 17.6 Å². The van der Waals surface area contributed by atoms with E-state index in [9.17, 15) is 14.4 Å². The molecule has 0 aromatic heterocycles. The Hall–Kier alpha value is -3.15. The molecule has 2 rings (SSSR count). The maximum Gasteiger partial charge on any atom is 0.269 e. The number of carbonyl (C=O) groups excluding carboxylic acids is 3. The number of carbonyl (C=O) groups is 3. The van der Waals surface area contributed by atoms with Crippen LogP contribution in [-0.4, -0.2) is 24.2 Å². The normalized spacial score (nSPS) is 10.2. The Balaban J connectivity index is 1.79. The zero-order valence-electron chi connectivity index (χ0n) is 15.8. The van der Waals surface area contributed by atoms with E-state index in [-0.39, 0.29) is 18.6 Å². The number of Topliss-reactive ketones (excluding diaryl/α,β-unsaturated/α-hetero) is 1. The van der Waals surface area contributed by atoms with Gasteiger partial charge in [0.1, 0.15) is 5.75 Å². The molecule has 0 aliphatic heterocycles. The van der Waals surface area contributed by atoms with Crippen molar-refractivity contribution in [3.63, 3.8) is 0 Å². The molecule has 6 nitrogen and oxygen atoms in total. The van der Waals surface area contributed by atoms with E-state index in [1.165, 1.54) is 0 Å². The van der Waals surface area contributed by atoms with Gasteiger partial charge in [0.2, 0.25) is 5.91 Å². The summed E-state index contributed by atoms with van der Waals surface area (Å²) in [6.07, 6.45) is 0.0720. The van der Waals surface area contributed by atoms with Crippen molar-refractivity contribution in [3.8, 4) is 5.75 Å². The molecular weight excluding hydrogens is 344 g/mol. The van der Waals surface area contributed by atoms with Crippen LogP contribution in [0.5, 0.6) is 5.75 Å². The van der Waals surface area contributed by atoms with Crippen LogP contribution in [0.25, 0.3) is 0 Å². The van der Waals surface area contributed by atoms with Crippen molar-refractivity contribution in [2.24, 2.45) is 0 Å². The van der Waals surface area contributed by atoms with Gasteiger partial charge >= 0.3 is 0 Å². The van der Waals surface area contributed by atoms with E-state index in [4.69, 9.17) is 4.74 Å². The summed E-state index contributed by atoms with van der Waals surface area (Å²) in [7, 11) is 0. The summed E-state index contributed by atoms with van der Waals surface area (Å²) in [4.78, 5) is 36.1. The minimum absolute atomic E-state index is 0.00465. The van der Waals surface area contributed by atoms with Gasteiger partial charge < -0.3 is 4.74 Å². The zero-order chi connectivity index (χ0) is 19.8. The molecule has 0 atom stereocenters. The number of hydrazine groups is 1. The highest BCUT2D eigenvalue weighted by atomic mass is 16.5. The number of benzene rings is 2. The molecule has 2 aromatic carbocycles. The van der Waals surface area contributed by atoms with Crippen molar-refractivity contribution in [2.75, 3.05) is 6.61 Å². The second kappa shape index (κ2) is 9.52. The van der Waals surface area contributed by atoms with Gasteiger partial charge in [-0.05, 0) is 62.2 Å². The Bertz CT molecular complexity index is 829. The molecule has 0 aliphatic rings. The lowest BCUT2D eigenvalue weighted by Crippen LogP contribution is -2.41. The number of ether oxygens (including phenoxy) is 1. The highest BCUT2D eigenvalue weighted by molar-refractivity contribution is 5.99. The third-order valence-corrected chi connectivity index (χ3v) is 4.15. The van der Waals surface area contributed by atoms with Crippen LogP contribution in [0, 0.1) is 13.8 Å². The fraction of sp³-hybridized carbons (Fsp3) is 0.286. The molecule has 0 unspecified atom stereocenters. The topological polar surface area (TPSA) is 84.5 Å². The smallest absolute Gasteiger partial charge is 0.269 e. The molecule has 0 radical (unpaired) electrons. The first-order valence-corrected chi connectivity index (χ1v) is 8.83. The quantitative estimate of drug-likeness (QED) is 0.581. The van der Waals surface area contributed by atoms with Crippen molar-refractivity contribution in [2.45, 2.75) is 33.6 Å². The first-order chi connectivity index (χ1) is 12.9. The van der Waals surface area contributed by atoms with E-state index in [1.54, 1.807) is 30.3 Å². The van der Waals surface area contributed by atoms with Crippen molar-refractivity contribution in [1.29, 1.82) is 0 Å². The van der Waals surface area contributed by atoms with Gasteiger partial charge in [-0.3, -0.25) is 25.2 Å². The highest BCUT2D eigenvalue weighted by Gasteiger charge is 2.11. The first-order valence-electron chi connectivity index (χ1n) is 8.83. The van der Waals surface area contributed by atoms with Crippen molar-refractivity contribution < 1.29 is 19.1 Å². The number of hydrogen-bond donors (Lipinski definition) is 2. The second-order valence-corrected chi connectivity index (χ2v) is 6.18. The Labute approximate surface area is 158 Å². The molecule has 0 aliphatic carbocycles. The summed E-state index contributed by atoms with van der Waals surface area (Å²) < 4.78 is 5.31. The minimum atomic E-state index is -0.438. The Morgan fingerprint density at radius 1 is 0.852 bits per heavy atom. The number of nitrogens with one attached hydrogen (secondary N) is 2. The Kier molecular flexibility index (Phi) is 7.11. The van der Waals surface area contributed by atoms with Crippen molar-refractivity contribution in [1.82, 2.24) is 10.9 Å². The average Bonchev–Trinajstić information content (AvgIpc) is 2.67. The van der Waals surface area contributed by atoms with E-state index in [0.717, 1.165) is 11.1 Å². The van der Waals surface area contributed by atoms with Crippen LogP contribution in [0.15, 0.2) is 42.5 Å². The van der Waals surface area contributed by atoms with Gasteiger partial charge in [-0.1, -0.05) is 12.1 Å². The van der Waals surface area contributed by atoms with Gasteiger partial charge in [0, 0.05) is 24.0 Å². The second-order valence-electron chi connectivity index (χ2n) is 6.18. The molecule has 0 spiro atoms. The lowest BCUT2D eigenvalue weighted by Gasteiger charge is -2.08. The van der Waals surface area contributed by atoms with Gasteiger partial charge in [0.05, 0.1) is 6.61 Å². The summed E-state index contributed by atoms with van der Waals surface area (Å²) in [5.74, 6) is -0.299. The number of rotatable bonds is 7. The summed E-state index contributed by atoms with van der Waals surface area (Å²) in [5.41, 5.74) is 7.79. The fourth-order valence-corrected chi connectivity index (χ4v) is 2.42. The molecule has 27 heavy (non-hydrogen) atoms. The number of hydrogen-bond acceptors (Lipinski definition) is 4. The van der Waals surface area contributed by atoms with Crippen LogP contribution < -0.4 is 15.6 Å². The Morgan fingerprint density at radius 3 is 2.15 bits per heavy atom. The van der Waals surface area contributed by atoms with E-state index in [1.807, 2.05) is 32.9 Å². The molecule has 0 fully saturated rings. The maximum absolute atomic E-state index is 12.2. The van der Waals surface area contributed by atoms with Gasteiger partial charge in [0.15, 0.2) is 5.78 Å². The largest absolute Gasteiger partial charge is 0.494 e. The molecule has 0 saturated carbocycles. The minimum Gasteiger partial charge on any atom is -0.494 e. The standard InChI is InChI=1S/C21H24N2O4/c1-4-27-18-9-7-16(8-10-18)21(26)23-22-20(25)12-11-19(24)17-6-5-14(2)15(3)13-17/h5-10,13H,4,11-12H2,1-3H3,(H,22,25)(H,23,26). The molecule has 0 bridgehead atoms. The van der Waals surface area contributed by atoms with Crippen molar-refractivity contribution in [3.05, 3.63) is 64.7 Å². The van der Waals surface area contributed by atoms with Crippen LogP contribution in [0.4, 0.5) is 0 Å². The third-order valence-electron chi connectivity index (χ3n) is 4.15. The van der Waals surface area contributed by atoms with Gasteiger partial charge in [-0.2, -0.15) is 0 Å². The average molecular weight is 368 g/mol. The number of ketones is 1. The van der Waals surface area contributed by atoms with Crippen LogP contribution in [-0.2, 0) is 4.79 Å². The van der Waals surface area contributed by atoms with E-state index in [2.05, 4.69) is 10.9 Å². The summed E-state index contributed by atoms with van der Waals surface area (Å²) in [5, 5.41) is 0. The third kappa shape index (κ3) is 5.95. The number of aryl methyl sites for hydroxylation is 2. The predicted octanol–water partition coefficient (Wildman–Crippen LogP) is 3.13. The fourth-order valence-electron chi connectivity index (χ4n) is 2.42. The highest BCUT2D eigenvalue weighted by Crippen LogP contribution is 2.13. The number of amides is 2. The molecule has 142 valence electrons. The molecule has 0 heterocycles. The van der Waals surface area contributed by atoms with Gasteiger partial charge in [0.25, 0.3) is 5.91 Å². The SMILES string of the molecule is CCOc1ccc(C(=O)NNC(=O)CCC(=O)c2ccc(C)c(C)c2)cc1. The lowest BCUT2D eigenvalue weighted by atomic mass is 10.0. The zero-order valence-corrected chi connectivity index (χ0v) is 15.8. The lowest BCUT2D eigenvalue weighted by molar-refractivity contribution is -0.121. The monoisotopic (exact) mass is 368 g/mol. The molecule has 0 saturated heterocycles. The van der Waals surface area contributed by atoms with Gasteiger partial charge in [-0.25, -0.2) is 0 Å². The van der Waals surface area contributed by atoms with E-state index in [0.29, 0.717) is 23.5 Å². The molecule has 2 aromatic rings. The summed E-state index contributed by atoms with van der Waals surface area (Å²) in [6, 6.07) is 12.1. The van der Waals surface area contributed by atoms with Crippen LogP contribution in [0.3, 0.4) is 0 Å². The molecule has 6 heteroatoms. The van der Waals surface area contributed by atoms with Crippen LogP contribution in [0.2, 0.25) is 0 Å². The van der Waals surface area contributed by atoms with Gasteiger partial charge in [-0.15, -0.1) is 0 Å². The van der Waals surface area contributed by atoms with Crippen LogP contribution in [0.1, 0.15) is 51.6 Å². The Morgan fingerprint density at radius 2 is 1.52 bits per heavy atom. The molecule has 2 N–H and O–H groups in total. The summed E-state index contributed by atoms with van der Waals surface area (Å²) in [6.45, 7) is 6.34. The first kappa shape index (κ1) is 20.2. The summed E-state index contributed by atoms with van der Waals surface area (Å²) >= 11 is 0. The molecule has 2 amide bonds.